The van der Waals surface area contributed by atoms with Gasteiger partial charge in [-0.2, -0.15) is 0 Å². The molecule has 0 atom stereocenters. The summed E-state index contributed by atoms with van der Waals surface area (Å²) >= 11 is 0. The second-order valence-electron chi connectivity index (χ2n) is 4.03. The fourth-order valence-electron chi connectivity index (χ4n) is 1.58. The van der Waals surface area contributed by atoms with E-state index in [-0.39, 0.29) is 18.0 Å². The molecule has 0 aliphatic rings. The van der Waals surface area contributed by atoms with Gasteiger partial charge in [0.05, 0.1) is 12.2 Å². The number of aromatic nitrogens is 2. The minimum Gasteiger partial charge on any atom is -0.359 e. The van der Waals surface area contributed by atoms with Crippen molar-refractivity contribution >= 4 is 5.91 Å². The van der Waals surface area contributed by atoms with Crippen molar-refractivity contribution in [2.24, 2.45) is 0 Å². The van der Waals surface area contributed by atoms with Crippen molar-refractivity contribution in [2.45, 2.75) is 20.4 Å². The van der Waals surface area contributed by atoms with Gasteiger partial charge < -0.3 is 14.8 Å². The molecule has 2 aromatic heterocycles. The van der Waals surface area contributed by atoms with Gasteiger partial charge in [-0.05, 0) is 19.9 Å². The molecule has 0 saturated heterocycles. The molecule has 2 N–H and O–H groups in total. The SMILES string of the molecule is Cc1cc(CNC(=O)c2cc(C)[nH]c(=O)c2)on1. The van der Waals surface area contributed by atoms with Crippen LogP contribution in [0.2, 0.25) is 0 Å². The predicted octanol–water partition coefficient (Wildman–Crippen LogP) is 0.910. The Morgan fingerprint density at radius 1 is 1.39 bits per heavy atom. The van der Waals surface area contributed by atoms with E-state index < -0.39 is 0 Å². The first-order valence-electron chi connectivity index (χ1n) is 5.46. The summed E-state index contributed by atoms with van der Waals surface area (Å²) in [5.41, 5.74) is 1.43. The number of nitrogens with one attached hydrogen (secondary N) is 2. The van der Waals surface area contributed by atoms with Crippen molar-refractivity contribution < 1.29 is 9.32 Å². The Balaban J connectivity index is 2.05. The van der Waals surface area contributed by atoms with Crippen LogP contribution in [0.4, 0.5) is 0 Å². The smallest absolute Gasteiger partial charge is 0.251 e. The maximum Gasteiger partial charge on any atom is 0.251 e. The molecule has 2 rings (SSSR count). The van der Waals surface area contributed by atoms with Gasteiger partial charge in [-0.1, -0.05) is 5.16 Å². The summed E-state index contributed by atoms with van der Waals surface area (Å²) < 4.78 is 4.97. The molecule has 18 heavy (non-hydrogen) atoms. The molecule has 0 aliphatic heterocycles. The lowest BCUT2D eigenvalue weighted by Crippen LogP contribution is -2.24. The van der Waals surface area contributed by atoms with Crippen molar-refractivity contribution in [3.63, 3.8) is 0 Å². The van der Waals surface area contributed by atoms with Crippen LogP contribution in [0.15, 0.2) is 27.5 Å². The molecule has 94 valence electrons. The summed E-state index contributed by atoms with van der Waals surface area (Å²) in [7, 11) is 0. The maximum atomic E-state index is 11.8. The molecule has 0 aromatic carbocycles. The van der Waals surface area contributed by atoms with Crippen molar-refractivity contribution in [3.05, 3.63) is 51.3 Å². The highest BCUT2D eigenvalue weighted by Crippen LogP contribution is 2.03. The van der Waals surface area contributed by atoms with E-state index in [1.54, 1.807) is 26.0 Å². The third kappa shape index (κ3) is 2.85. The summed E-state index contributed by atoms with van der Waals surface area (Å²) in [6.07, 6.45) is 0. The number of aromatic amines is 1. The highest BCUT2D eigenvalue weighted by molar-refractivity contribution is 5.94. The quantitative estimate of drug-likeness (QED) is 0.843. The topological polar surface area (TPSA) is 88.0 Å². The molecule has 0 spiro atoms. The van der Waals surface area contributed by atoms with Crippen molar-refractivity contribution in [3.8, 4) is 0 Å². The number of carbonyl (C=O) groups is 1. The molecule has 2 aromatic rings. The zero-order chi connectivity index (χ0) is 13.1. The van der Waals surface area contributed by atoms with Gasteiger partial charge in [0.1, 0.15) is 0 Å². The molecule has 6 nitrogen and oxygen atoms in total. The van der Waals surface area contributed by atoms with Gasteiger partial charge in [0.15, 0.2) is 5.76 Å². The average Bonchev–Trinajstić information content (AvgIpc) is 2.70. The number of H-pyrrole nitrogens is 1. The van der Waals surface area contributed by atoms with E-state index in [0.717, 1.165) is 5.69 Å². The summed E-state index contributed by atoms with van der Waals surface area (Å²) in [5.74, 6) is 0.251. The summed E-state index contributed by atoms with van der Waals surface area (Å²) in [4.78, 5) is 25.6. The molecule has 0 bridgehead atoms. The second kappa shape index (κ2) is 4.87. The predicted molar refractivity (Wildman–Crippen MR) is 64.2 cm³/mol. The highest BCUT2D eigenvalue weighted by Gasteiger charge is 2.08. The zero-order valence-corrected chi connectivity index (χ0v) is 10.1. The fourth-order valence-corrected chi connectivity index (χ4v) is 1.58. The van der Waals surface area contributed by atoms with E-state index in [0.29, 0.717) is 17.0 Å². The van der Waals surface area contributed by atoms with Crippen molar-refractivity contribution in [2.75, 3.05) is 0 Å². The molecule has 0 fully saturated rings. The first-order chi connectivity index (χ1) is 8.54. The molecule has 0 aliphatic carbocycles. The van der Waals surface area contributed by atoms with Crippen LogP contribution in [0, 0.1) is 13.8 Å². The van der Waals surface area contributed by atoms with E-state index in [9.17, 15) is 9.59 Å². The van der Waals surface area contributed by atoms with Gasteiger partial charge >= 0.3 is 0 Å². The molecule has 0 saturated carbocycles. The molecular formula is C12H13N3O3. The fraction of sp³-hybridized carbons (Fsp3) is 0.250. The van der Waals surface area contributed by atoms with Crippen molar-refractivity contribution in [1.29, 1.82) is 0 Å². The lowest BCUT2D eigenvalue weighted by Gasteiger charge is -2.03. The minimum atomic E-state index is -0.321. The van der Waals surface area contributed by atoms with E-state index in [4.69, 9.17) is 4.52 Å². The van der Waals surface area contributed by atoms with Crippen molar-refractivity contribution in [1.82, 2.24) is 15.5 Å². The Kier molecular flexibility index (Phi) is 3.27. The number of rotatable bonds is 3. The lowest BCUT2D eigenvalue weighted by atomic mass is 10.2. The summed E-state index contributed by atoms with van der Waals surface area (Å²) in [6, 6.07) is 4.61. The summed E-state index contributed by atoms with van der Waals surface area (Å²) in [5, 5.41) is 6.37. The largest absolute Gasteiger partial charge is 0.359 e. The van der Waals surface area contributed by atoms with Gasteiger partial charge in [0.2, 0.25) is 5.56 Å². The number of nitrogens with zero attached hydrogens (tertiary/aromatic N) is 1. The molecule has 0 radical (unpaired) electrons. The minimum absolute atomic E-state index is 0.242. The zero-order valence-electron chi connectivity index (χ0n) is 10.1. The summed E-state index contributed by atoms with van der Waals surface area (Å²) in [6.45, 7) is 3.76. The van der Waals surface area contributed by atoms with E-state index >= 15 is 0 Å². The Labute approximate surface area is 103 Å². The third-order valence-corrected chi connectivity index (χ3v) is 2.34. The number of carbonyl (C=O) groups excluding carboxylic acids is 1. The molecule has 6 heteroatoms. The number of pyridine rings is 1. The molecule has 1 amide bonds. The Hall–Kier alpha value is -2.37. The van der Waals surface area contributed by atoms with Crippen LogP contribution in [0.1, 0.15) is 27.5 Å². The molecular weight excluding hydrogens is 234 g/mol. The van der Waals surface area contributed by atoms with Gasteiger partial charge in [-0.15, -0.1) is 0 Å². The number of amides is 1. The Morgan fingerprint density at radius 3 is 2.78 bits per heavy atom. The first-order valence-corrected chi connectivity index (χ1v) is 5.46. The standard InChI is InChI=1S/C12H13N3O3/c1-7-3-9(5-11(16)14-7)12(17)13-6-10-4-8(2)15-18-10/h3-5H,6H2,1-2H3,(H,13,17)(H,14,16). The van der Waals surface area contributed by atoms with Gasteiger partial charge in [-0.3, -0.25) is 9.59 Å². The van der Waals surface area contributed by atoms with Gasteiger partial charge in [0.25, 0.3) is 5.91 Å². The normalized spacial score (nSPS) is 10.3. The second-order valence-corrected chi connectivity index (χ2v) is 4.03. The first kappa shape index (κ1) is 12.1. The van der Waals surface area contributed by atoms with E-state index in [1.807, 2.05) is 0 Å². The highest BCUT2D eigenvalue weighted by atomic mass is 16.5. The molecule has 0 unspecified atom stereocenters. The van der Waals surface area contributed by atoms with Crippen LogP contribution in [-0.4, -0.2) is 16.0 Å². The van der Waals surface area contributed by atoms with Crippen LogP contribution in [0.25, 0.3) is 0 Å². The van der Waals surface area contributed by atoms with Crippen LogP contribution in [0.3, 0.4) is 0 Å². The maximum absolute atomic E-state index is 11.8. The van der Waals surface area contributed by atoms with E-state index in [1.165, 1.54) is 6.07 Å². The van der Waals surface area contributed by atoms with Crippen LogP contribution in [0.5, 0.6) is 0 Å². The monoisotopic (exact) mass is 247 g/mol. The Bertz CT molecular complexity index is 627. The number of hydrogen-bond acceptors (Lipinski definition) is 4. The number of aryl methyl sites for hydroxylation is 2. The van der Waals surface area contributed by atoms with E-state index in [2.05, 4.69) is 15.5 Å². The van der Waals surface area contributed by atoms with Gasteiger partial charge in [-0.25, -0.2) is 0 Å². The van der Waals surface area contributed by atoms with Crippen LogP contribution < -0.4 is 10.9 Å². The average molecular weight is 247 g/mol. The third-order valence-electron chi connectivity index (χ3n) is 2.34. The molecule has 2 heterocycles. The van der Waals surface area contributed by atoms with Crippen LogP contribution in [-0.2, 0) is 6.54 Å². The Morgan fingerprint density at radius 2 is 2.17 bits per heavy atom. The lowest BCUT2D eigenvalue weighted by molar-refractivity contribution is 0.0946. The van der Waals surface area contributed by atoms with Gasteiger partial charge in [0, 0.05) is 23.4 Å². The number of hydrogen-bond donors (Lipinski definition) is 2. The van der Waals surface area contributed by atoms with Crippen LogP contribution >= 0.6 is 0 Å².